The van der Waals surface area contributed by atoms with Gasteiger partial charge in [0.2, 0.25) is 5.88 Å². The van der Waals surface area contributed by atoms with Crippen molar-refractivity contribution in [3.8, 4) is 5.88 Å². The lowest BCUT2D eigenvalue weighted by atomic mass is 10.1. The van der Waals surface area contributed by atoms with E-state index in [-0.39, 0.29) is 6.10 Å². The van der Waals surface area contributed by atoms with Gasteiger partial charge in [-0.15, -0.1) is 0 Å². The highest BCUT2D eigenvalue weighted by Gasteiger charge is 2.12. The molecule has 1 unspecified atom stereocenters. The largest absolute Gasteiger partial charge is 0.474 e. The molecule has 0 aliphatic heterocycles. The molecule has 1 rings (SSSR count). The Balaban J connectivity index is 2.85. The molecule has 0 aliphatic carbocycles. The predicted octanol–water partition coefficient (Wildman–Crippen LogP) is 2.87. The molecule has 5 heteroatoms. The average Bonchev–Trinajstić information content (AvgIpc) is 2.36. The number of ether oxygens (including phenoxy) is 2. The number of hydrogen-bond acceptors (Lipinski definition) is 5. The highest BCUT2D eigenvalue weighted by atomic mass is 16.5. The molecule has 1 atom stereocenters. The minimum absolute atomic E-state index is 0.115. The van der Waals surface area contributed by atoms with E-state index in [1.165, 1.54) is 0 Å². The lowest BCUT2D eigenvalue weighted by molar-refractivity contribution is 0.156. The Bertz CT molecular complexity index is 383. The van der Waals surface area contributed by atoms with Gasteiger partial charge in [0.05, 0.1) is 6.10 Å². The van der Waals surface area contributed by atoms with Gasteiger partial charge in [0, 0.05) is 19.7 Å². The first-order valence-electron chi connectivity index (χ1n) is 6.84. The van der Waals surface area contributed by atoms with Gasteiger partial charge in [0.15, 0.2) is 5.82 Å². The molecule has 0 saturated carbocycles. The number of nitrogens with zero attached hydrogens (tertiary/aromatic N) is 2. The zero-order valence-corrected chi connectivity index (χ0v) is 12.6. The molecular formula is C14H25N3O2. The summed E-state index contributed by atoms with van der Waals surface area (Å²) < 4.78 is 10.9. The van der Waals surface area contributed by atoms with E-state index in [2.05, 4.69) is 36.1 Å². The van der Waals surface area contributed by atoms with E-state index in [4.69, 9.17) is 9.47 Å². The van der Waals surface area contributed by atoms with Crippen molar-refractivity contribution < 1.29 is 9.47 Å². The summed E-state index contributed by atoms with van der Waals surface area (Å²) in [6.45, 7) is 9.66. The number of nitrogens with one attached hydrogen (secondary N) is 1. The molecule has 1 heterocycles. The predicted molar refractivity (Wildman–Crippen MR) is 76.5 cm³/mol. The number of hydrogen-bond donors (Lipinski definition) is 1. The average molecular weight is 267 g/mol. The first kappa shape index (κ1) is 15.7. The molecule has 0 fully saturated rings. The third-order valence-corrected chi connectivity index (χ3v) is 2.82. The minimum atomic E-state index is 0.115. The highest BCUT2D eigenvalue weighted by Crippen LogP contribution is 2.17. The summed E-state index contributed by atoms with van der Waals surface area (Å²) in [5, 5.41) is 3.25. The first-order valence-corrected chi connectivity index (χ1v) is 6.84. The summed E-state index contributed by atoms with van der Waals surface area (Å²) in [5.41, 5.74) is 0. The Morgan fingerprint density at radius 1 is 1.26 bits per heavy atom. The summed E-state index contributed by atoms with van der Waals surface area (Å²) in [5.74, 6) is 2.46. The van der Waals surface area contributed by atoms with E-state index in [9.17, 15) is 0 Å². The molecule has 0 amide bonds. The zero-order valence-electron chi connectivity index (χ0n) is 12.6. The van der Waals surface area contributed by atoms with E-state index in [1.54, 1.807) is 7.11 Å². The molecule has 1 N–H and O–H groups in total. The molecule has 0 aliphatic rings. The maximum absolute atomic E-state index is 5.84. The van der Waals surface area contributed by atoms with Gasteiger partial charge in [-0.05, 0) is 19.3 Å². The number of aromatic nitrogens is 2. The van der Waals surface area contributed by atoms with Crippen LogP contribution in [0.2, 0.25) is 0 Å². The van der Waals surface area contributed by atoms with Crippen LogP contribution in [-0.2, 0) is 11.3 Å². The lowest BCUT2D eigenvalue weighted by Crippen LogP contribution is -2.20. The van der Waals surface area contributed by atoms with Gasteiger partial charge in [-0.1, -0.05) is 20.8 Å². The van der Waals surface area contributed by atoms with E-state index in [0.29, 0.717) is 24.2 Å². The molecule has 5 nitrogen and oxygen atoms in total. The van der Waals surface area contributed by atoms with Gasteiger partial charge in [0.1, 0.15) is 12.4 Å². The molecule has 0 saturated heterocycles. The molecular weight excluding hydrogens is 242 g/mol. The van der Waals surface area contributed by atoms with Crippen LogP contribution in [0.4, 0.5) is 5.82 Å². The van der Waals surface area contributed by atoms with Crippen molar-refractivity contribution in [2.45, 2.75) is 46.8 Å². The van der Waals surface area contributed by atoms with Crippen molar-refractivity contribution in [1.29, 1.82) is 0 Å². The van der Waals surface area contributed by atoms with E-state index >= 15 is 0 Å². The smallest absolute Gasteiger partial charge is 0.219 e. The lowest BCUT2D eigenvalue weighted by Gasteiger charge is -2.18. The summed E-state index contributed by atoms with van der Waals surface area (Å²) in [6, 6.07) is 1.84. The fourth-order valence-electron chi connectivity index (χ4n) is 1.40. The number of methoxy groups -OCH3 is 1. The summed E-state index contributed by atoms with van der Waals surface area (Å²) in [6.07, 6.45) is 1.16. The monoisotopic (exact) mass is 267 g/mol. The van der Waals surface area contributed by atoms with Gasteiger partial charge in [0.25, 0.3) is 0 Å². The Morgan fingerprint density at radius 2 is 2.00 bits per heavy atom. The van der Waals surface area contributed by atoms with E-state index < -0.39 is 0 Å². The van der Waals surface area contributed by atoms with Crippen LogP contribution >= 0.6 is 0 Å². The van der Waals surface area contributed by atoms with E-state index in [0.717, 1.165) is 18.8 Å². The van der Waals surface area contributed by atoms with Gasteiger partial charge >= 0.3 is 0 Å². The Morgan fingerprint density at radius 3 is 2.58 bits per heavy atom. The molecule has 0 radical (unpaired) electrons. The van der Waals surface area contributed by atoms with Crippen LogP contribution in [0.25, 0.3) is 0 Å². The number of anilines is 1. The second kappa shape index (κ2) is 7.94. The van der Waals surface area contributed by atoms with Crippen LogP contribution in [-0.4, -0.2) is 29.7 Å². The summed E-state index contributed by atoms with van der Waals surface area (Å²) >= 11 is 0. The normalized spacial score (nSPS) is 12.5. The highest BCUT2D eigenvalue weighted by molar-refractivity contribution is 5.38. The van der Waals surface area contributed by atoms with Crippen molar-refractivity contribution >= 4 is 5.82 Å². The first-order chi connectivity index (χ1) is 9.06. The molecule has 1 aromatic rings. The van der Waals surface area contributed by atoms with Crippen molar-refractivity contribution in [2.75, 3.05) is 19.0 Å². The minimum Gasteiger partial charge on any atom is -0.474 e. The topological polar surface area (TPSA) is 56.3 Å². The zero-order chi connectivity index (χ0) is 14.3. The molecule has 0 bridgehead atoms. The second-order valence-electron chi connectivity index (χ2n) is 4.93. The van der Waals surface area contributed by atoms with E-state index in [1.807, 2.05) is 13.0 Å². The maximum atomic E-state index is 5.84. The third kappa shape index (κ3) is 5.42. The molecule has 19 heavy (non-hydrogen) atoms. The van der Waals surface area contributed by atoms with Gasteiger partial charge in [-0.25, -0.2) is 4.98 Å². The molecule has 108 valence electrons. The fraction of sp³-hybridized carbons (Fsp3) is 0.714. The Hall–Kier alpha value is -1.36. The molecule has 1 aromatic heterocycles. The van der Waals surface area contributed by atoms with Gasteiger partial charge in [-0.2, -0.15) is 4.98 Å². The fourth-order valence-corrected chi connectivity index (χ4v) is 1.40. The van der Waals surface area contributed by atoms with Crippen molar-refractivity contribution in [3.63, 3.8) is 0 Å². The van der Waals surface area contributed by atoms with Crippen LogP contribution in [0.15, 0.2) is 6.07 Å². The standard InChI is InChI=1S/C14H25N3O2/c1-6-7-15-12-8-14(19-11(4)10(2)3)17-13(16-12)9-18-5/h8,10-11H,6-7,9H2,1-5H3,(H,15,16,17). The second-order valence-corrected chi connectivity index (χ2v) is 4.93. The van der Waals surface area contributed by atoms with Crippen molar-refractivity contribution in [2.24, 2.45) is 5.92 Å². The Labute approximate surface area is 115 Å². The molecule has 0 aromatic carbocycles. The summed E-state index contributed by atoms with van der Waals surface area (Å²) in [4.78, 5) is 8.74. The maximum Gasteiger partial charge on any atom is 0.219 e. The molecule has 0 spiro atoms. The van der Waals surface area contributed by atoms with Gasteiger partial charge in [-0.3, -0.25) is 0 Å². The Kier molecular flexibility index (Phi) is 6.56. The SMILES string of the molecule is CCCNc1cc(OC(C)C(C)C)nc(COC)n1. The van der Waals surface area contributed by atoms with Crippen LogP contribution in [0, 0.1) is 5.92 Å². The van der Waals surface area contributed by atoms with Gasteiger partial charge < -0.3 is 14.8 Å². The van der Waals surface area contributed by atoms with Crippen molar-refractivity contribution in [3.05, 3.63) is 11.9 Å². The number of rotatable bonds is 8. The van der Waals surface area contributed by atoms with Crippen LogP contribution < -0.4 is 10.1 Å². The van der Waals surface area contributed by atoms with Crippen LogP contribution in [0.1, 0.15) is 39.9 Å². The van der Waals surface area contributed by atoms with Crippen LogP contribution in [0.3, 0.4) is 0 Å². The van der Waals surface area contributed by atoms with Crippen molar-refractivity contribution in [1.82, 2.24) is 9.97 Å². The van der Waals surface area contributed by atoms with Crippen LogP contribution in [0.5, 0.6) is 5.88 Å². The third-order valence-electron chi connectivity index (χ3n) is 2.82. The quantitative estimate of drug-likeness (QED) is 0.785. The summed E-state index contributed by atoms with van der Waals surface area (Å²) in [7, 11) is 1.63.